The average Bonchev–Trinajstić information content (AvgIpc) is 2.15. The van der Waals surface area contributed by atoms with E-state index < -0.39 is 0 Å². The molecule has 0 amide bonds. The molecule has 1 saturated heterocycles. The van der Waals surface area contributed by atoms with Gasteiger partial charge >= 0.3 is 0 Å². The first-order valence-electron chi connectivity index (χ1n) is 4.19. The summed E-state index contributed by atoms with van der Waals surface area (Å²) < 4.78 is 5.21. The smallest absolute Gasteiger partial charge is 0.0641 e. The summed E-state index contributed by atoms with van der Waals surface area (Å²) in [5.41, 5.74) is 0. The molecule has 1 fully saturated rings. The molecule has 1 unspecified atom stereocenters. The van der Waals surface area contributed by atoms with Gasteiger partial charge in [0, 0.05) is 19.1 Å². The van der Waals surface area contributed by atoms with Crippen LogP contribution in [0.4, 0.5) is 0 Å². The first kappa shape index (κ1) is 9.24. The number of nitrogens with zero attached hydrogens (tertiary/aromatic N) is 2. The second-order valence-corrected chi connectivity index (χ2v) is 2.81. The van der Waals surface area contributed by atoms with Crippen LogP contribution in [0.15, 0.2) is 12.7 Å². The third-order valence-electron chi connectivity index (χ3n) is 2.09. The van der Waals surface area contributed by atoms with Gasteiger partial charge in [0.25, 0.3) is 0 Å². The third kappa shape index (κ3) is 2.33. The van der Waals surface area contributed by atoms with Crippen LogP contribution < -0.4 is 0 Å². The van der Waals surface area contributed by atoms with E-state index in [2.05, 4.69) is 17.5 Å². The molecule has 0 aromatic carbocycles. The molecule has 0 aromatic rings. The molecule has 3 heteroatoms. The van der Waals surface area contributed by atoms with Crippen molar-refractivity contribution < 1.29 is 4.74 Å². The maximum atomic E-state index is 8.54. The molecule has 1 aliphatic rings. The van der Waals surface area contributed by atoms with Gasteiger partial charge in [0.1, 0.15) is 0 Å². The standard InChI is InChI=1S/C9H14N2O/c1-2-9(3-4-10)11-5-7-12-8-6-11/h2,9H,1,3,5-8H2. The van der Waals surface area contributed by atoms with Gasteiger partial charge in [-0.05, 0) is 0 Å². The molecule has 12 heavy (non-hydrogen) atoms. The van der Waals surface area contributed by atoms with E-state index in [4.69, 9.17) is 10.00 Å². The largest absolute Gasteiger partial charge is 0.379 e. The van der Waals surface area contributed by atoms with E-state index >= 15 is 0 Å². The maximum absolute atomic E-state index is 8.54. The van der Waals surface area contributed by atoms with E-state index in [1.165, 1.54) is 0 Å². The van der Waals surface area contributed by atoms with Crippen molar-refractivity contribution in [2.24, 2.45) is 0 Å². The Morgan fingerprint density at radius 3 is 2.75 bits per heavy atom. The molecule has 0 aromatic heterocycles. The number of hydrogen-bond acceptors (Lipinski definition) is 3. The van der Waals surface area contributed by atoms with Crippen molar-refractivity contribution >= 4 is 0 Å². The van der Waals surface area contributed by atoms with Crippen LogP contribution in [0, 0.1) is 11.3 Å². The van der Waals surface area contributed by atoms with E-state index in [0.717, 1.165) is 26.3 Å². The zero-order valence-corrected chi connectivity index (χ0v) is 7.20. The van der Waals surface area contributed by atoms with Gasteiger partial charge in [0.15, 0.2) is 0 Å². The zero-order valence-electron chi connectivity index (χ0n) is 7.20. The lowest BCUT2D eigenvalue weighted by atomic mass is 10.2. The van der Waals surface area contributed by atoms with E-state index in [9.17, 15) is 0 Å². The number of rotatable bonds is 3. The van der Waals surface area contributed by atoms with Crippen molar-refractivity contribution in [3.05, 3.63) is 12.7 Å². The molecule has 0 radical (unpaired) electrons. The maximum Gasteiger partial charge on any atom is 0.0641 e. The van der Waals surface area contributed by atoms with E-state index in [-0.39, 0.29) is 6.04 Å². The first-order chi connectivity index (χ1) is 5.88. The van der Waals surface area contributed by atoms with E-state index in [1.807, 2.05) is 6.08 Å². The highest BCUT2D eigenvalue weighted by Gasteiger charge is 2.17. The Morgan fingerprint density at radius 1 is 1.58 bits per heavy atom. The second kappa shape index (κ2) is 4.91. The monoisotopic (exact) mass is 166 g/mol. The normalized spacial score (nSPS) is 21.2. The summed E-state index contributed by atoms with van der Waals surface area (Å²) in [5, 5.41) is 8.54. The van der Waals surface area contributed by atoms with E-state index in [1.54, 1.807) is 0 Å². The highest BCUT2D eigenvalue weighted by Crippen LogP contribution is 2.07. The Kier molecular flexibility index (Phi) is 3.78. The lowest BCUT2D eigenvalue weighted by Gasteiger charge is -2.31. The van der Waals surface area contributed by atoms with Gasteiger partial charge in [-0.1, -0.05) is 6.08 Å². The quantitative estimate of drug-likeness (QED) is 0.581. The highest BCUT2D eigenvalue weighted by atomic mass is 16.5. The lowest BCUT2D eigenvalue weighted by Crippen LogP contribution is -2.42. The Morgan fingerprint density at radius 2 is 2.25 bits per heavy atom. The van der Waals surface area contributed by atoms with Crippen LogP contribution in [0.1, 0.15) is 6.42 Å². The van der Waals surface area contributed by atoms with Crippen LogP contribution in [0.25, 0.3) is 0 Å². The summed E-state index contributed by atoms with van der Waals surface area (Å²) in [7, 11) is 0. The Balaban J connectivity index is 2.41. The molecule has 0 N–H and O–H groups in total. The summed E-state index contributed by atoms with van der Waals surface area (Å²) in [6, 6.07) is 2.37. The van der Waals surface area contributed by atoms with Crippen molar-refractivity contribution in [2.45, 2.75) is 12.5 Å². The van der Waals surface area contributed by atoms with Gasteiger partial charge in [-0.2, -0.15) is 5.26 Å². The van der Waals surface area contributed by atoms with Gasteiger partial charge in [0.05, 0.1) is 25.7 Å². The van der Waals surface area contributed by atoms with Crippen LogP contribution in [-0.2, 0) is 4.74 Å². The van der Waals surface area contributed by atoms with Crippen LogP contribution in [0.3, 0.4) is 0 Å². The Bertz CT molecular complexity index is 179. The summed E-state index contributed by atoms with van der Waals surface area (Å²) in [6.07, 6.45) is 2.37. The lowest BCUT2D eigenvalue weighted by molar-refractivity contribution is 0.0265. The van der Waals surface area contributed by atoms with Crippen molar-refractivity contribution in [1.29, 1.82) is 5.26 Å². The minimum absolute atomic E-state index is 0.207. The SMILES string of the molecule is C=CC(CC#N)N1CCOCC1. The Hall–Kier alpha value is -0.850. The highest BCUT2D eigenvalue weighted by molar-refractivity contribution is 4.94. The third-order valence-corrected chi connectivity index (χ3v) is 2.09. The number of ether oxygens (including phenoxy) is 1. The van der Waals surface area contributed by atoms with E-state index in [0.29, 0.717) is 6.42 Å². The molecule has 3 nitrogen and oxygen atoms in total. The Labute approximate surface area is 73.2 Å². The number of nitriles is 1. The van der Waals surface area contributed by atoms with Crippen LogP contribution >= 0.6 is 0 Å². The molecule has 66 valence electrons. The topological polar surface area (TPSA) is 36.3 Å². The fraction of sp³-hybridized carbons (Fsp3) is 0.667. The second-order valence-electron chi connectivity index (χ2n) is 2.81. The molecule has 0 aliphatic carbocycles. The molecule has 1 rings (SSSR count). The summed E-state index contributed by atoms with van der Waals surface area (Å²) in [4.78, 5) is 2.24. The van der Waals surface area contributed by atoms with Gasteiger partial charge in [-0.3, -0.25) is 4.90 Å². The van der Waals surface area contributed by atoms with Crippen LogP contribution in [0.5, 0.6) is 0 Å². The fourth-order valence-corrected chi connectivity index (χ4v) is 1.36. The van der Waals surface area contributed by atoms with Crippen molar-refractivity contribution in [3.8, 4) is 6.07 Å². The molecular weight excluding hydrogens is 152 g/mol. The molecule has 1 aliphatic heterocycles. The van der Waals surface area contributed by atoms with Gasteiger partial charge in [-0.25, -0.2) is 0 Å². The van der Waals surface area contributed by atoms with Crippen molar-refractivity contribution in [2.75, 3.05) is 26.3 Å². The first-order valence-corrected chi connectivity index (χ1v) is 4.19. The number of morpholine rings is 1. The fourth-order valence-electron chi connectivity index (χ4n) is 1.36. The molecule has 0 spiro atoms. The van der Waals surface area contributed by atoms with Crippen LogP contribution in [0.2, 0.25) is 0 Å². The molecule has 1 atom stereocenters. The van der Waals surface area contributed by atoms with Crippen molar-refractivity contribution in [3.63, 3.8) is 0 Å². The van der Waals surface area contributed by atoms with Gasteiger partial charge in [0.2, 0.25) is 0 Å². The zero-order chi connectivity index (χ0) is 8.81. The summed E-state index contributed by atoms with van der Waals surface area (Å²) in [5.74, 6) is 0. The molecular formula is C9H14N2O. The predicted molar refractivity (Wildman–Crippen MR) is 46.6 cm³/mol. The molecule has 0 bridgehead atoms. The molecule has 0 saturated carbocycles. The van der Waals surface area contributed by atoms with Crippen LogP contribution in [-0.4, -0.2) is 37.2 Å². The molecule has 1 heterocycles. The minimum Gasteiger partial charge on any atom is -0.379 e. The summed E-state index contributed by atoms with van der Waals surface area (Å²) in [6.45, 7) is 7.10. The minimum atomic E-state index is 0.207. The average molecular weight is 166 g/mol. The van der Waals surface area contributed by atoms with Crippen molar-refractivity contribution in [1.82, 2.24) is 4.90 Å². The van der Waals surface area contributed by atoms with Gasteiger partial charge < -0.3 is 4.74 Å². The summed E-state index contributed by atoms with van der Waals surface area (Å²) >= 11 is 0. The number of hydrogen-bond donors (Lipinski definition) is 0. The predicted octanol–water partition coefficient (Wildman–Crippen LogP) is 0.787. The van der Waals surface area contributed by atoms with Gasteiger partial charge in [-0.15, -0.1) is 6.58 Å².